The van der Waals surface area contributed by atoms with Crippen LogP contribution in [0.3, 0.4) is 0 Å². The number of fused-ring (bicyclic) bond motifs is 1. The van der Waals surface area contributed by atoms with Gasteiger partial charge in [0.1, 0.15) is 5.56 Å². The molecule has 3 aromatic rings. The lowest BCUT2D eigenvalue weighted by Crippen LogP contribution is -2.08. The molecule has 1 aromatic heterocycles. The molecule has 136 valence electrons. The molecule has 0 N–H and O–H groups in total. The molecular weight excluding hydrogens is 358 g/mol. The fraction of sp³-hybridized carbons (Fsp3) is 0.118. The van der Waals surface area contributed by atoms with E-state index < -0.39 is 16.6 Å². The first-order chi connectivity index (χ1) is 13.1. The lowest BCUT2D eigenvalue weighted by molar-refractivity contribution is -0.385. The number of carbonyl (C=O) groups is 1. The van der Waals surface area contributed by atoms with E-state index in [-0.39, 0.29) is 36.4 Å². The van der Waals surface area contributed by atoms with Gasteiger partial charge in [-0.15, -0.1) is 0 Å². The summed E-state index contributed by atoms with van der Waals surface area (Å²) < 4.78 is 20.3. The second kappa shape index (κ2) is 6.75. The van der Waals surface area contributed by atoms with Crippen molar-refractivity contribution in [3.05, 3.63) is 64.0 Å². The Morgan fingerprint density at radius 3 is 2.67 bits per heavy atom. The van der Waals surface area contributed by atoms with Gasteiger partial charge < -0.3 is 18.7 Å². The third kappa shape index (κ3) is 3.27. The van der Waals surface area contributed by atoms with E-state index in [1.807, 2.05) is 18.2 Å². The zero-order valence-electron chi connectivity index (χ0n) is 13.7. The number of aromatic nitrogens is 2. The minimum Gasteiger partial charge on any atom is -0.454 e. The van der Waals surface area contributed by atoms with Gasteiger partial charge in [0.25, 0.3) is 11.6 Å². The van der Waals surface area contributed by atoms with Crippen LogP contribution in [0.2, 0.25) is 0 Å². The molecule has 27 heavy (non-hydrogen) atoms. The molecule has 0 atom stereocenters. The van der Waals surface area contributed by atoms with Gasteiger partial charge >= 0.3 is 5.97 Å². The zero-order chi connectivity index (χ0) is 18.8. The number of nitro groups is 1. The normalized spacial score (nSPS) is 12.0. The number of benzene rings is 2. The molecule has 1 aliphatic rings. The standard InChI is InChI=1S/C17H11N3O7/c21-17(11-6-13-14(26-9-25-13)7-12(11)20(22)23)24-8-15-18-16(19-27-15)10-4-2-1-3-5-10/h1-7H,8-9H2. The first-order valence-electron chi connectivity index (χ1n) is 7.75. The van der Waals surface area contributed by atoms with Gasteiger partial charge in [0.15, 0.2) is 18.1 Å². The fourth-order valence-electron chi connectivity index (χ4n) is 2.47. The van der Waals surface area contributed by atoms with E-state index >= 15 is 0 Å². The van der Waals surface area contributed by atoms with Gasteiger partial charge in [-0.1, -0.05) is 35.5 Å². The van der Waals surface area contributed by atoms with Crippen LogP contribution in [0.15, 0.2) is 47.0 Å². The lowest BCUT2D eigenvalue weighted by atomic mass is 10.1. The SMILES string of the molecule is O=C(OCc1nc(-c2ccccc2)no1)c1cc2c(cc1[N+](=O)[O-])OCO2. The van der Waals surface area contributed by atoms with Crippen LogP contribution in [-0.4, -0.2) is 27.8 Å². The number of ether oxygens (including phenoxy) is 3. The molecule has 0 amide bonds. The van der Waals surface area contributed by atoms with Crippen molar-refractivity contribution in [3.8, 4) is 22.9 Å². The summed E-state index contributed by atoms with van der Waals surface area (Å²) in [7, 11) is 0. The summed E-state index contributed by atoms with van der Waals surface area (Å²) in [5, 5.41) is 15.0. The molecule has 2 aromatic carbocycles. The van der Waals surface area contributed by atoms with E-state index in [0.29, 0.717) is 5.82 Å². The molecule has 0 bridgehead atoms. The van der Waals surface area contributed by atoms with Crippen molar-refractivity contribution < 1.29 is 28.5 Å². The summed E-state index contributed by atoms with van der Waals surface area (Å²) >= 11 is 0. The number of nitrogens with zero attached hydrogens (tertiary/aromatic N) is 3. The van der Waals surface area contributed by atoms with Crippen molar-refractivity contribution in [1.29, 1.82) is 0 Å². The third-order valence-electron chi connectivity index (χ3n) is 3.73. The number of carbonyl (C=O) groups excluding carboxylic acids is 1. The molecule has 10 heteroatoms. The van der Waals surface area contributed by atoms with Gasteiger partial charge in [0, 0.05) is 11.6 Å². The Morgan fingerprint density at radius 1 is 1.19 bits per heavy atom. The van der Waals surface area contributed by atoms with E-state index in [1.54, 1.807) is 12.1 Å². The maximum atomic E-state index is 12.3. The highest BCUT2D eigenvalue weighted by molar-refractivity contribution is 5.95. The summed E-state index contributed by atoms with van der Waals surface area (Å²) in [6.45, 7) is -0.403. The van der Waals surface area contributed by atoms with Gasteiger partial charge in [0.2, 0.25) is 12.6 Å². The van der Waals surface area contributed by atoms with Gasteiger partial charge in [0.05, 0.1) is 11.0 Å². The molecule has 0 saturated heterocycles. The van der Waals surface area contributed by atoms with Crippen molar-refractivity contribution in [2.75, 3.05) is 6.79 Å². The number of hydrogen-bond acceptors (Lipinski definition) is 9. The average Bonchev–Trinajstić information content (AvgIpc) is 3.34. The molecule has 0 spiro atoms. The number of rotatable bonds is 5. The molecule has 1 aliphatic heterocycles. The minimum absolute atomic E-state index is 0.0607. The molecule has 2 heterocycles. The summed E-state index contributed by atoms with van der Waals surface area (Å²) in [4.78, 5) is 27.0. The summed E-state index contributed by atoms with van der Waals surface area (Å²) in [6.07, 6.45) is 0. The molecule has 0 fully saturated rings. The second-order valence-corrected chi connectivity index (χ2v) is 5.43. The summed E-state index contributed by atoms with van der Waals surface area (Å²) in [6, 6.07) is 11.4. The quantitative estimate of drug-likeness (QED) is 0.379. The second-order valence-electron chi connectivity index (χ2n) is 5.43. The maximum absolute atomic E-state index is 12.3. The molecule has 0 radical (unpaired) electrons. The van der Waals surface area contributed by atoms with E-state index in [2.05, 4.69) is 10.1 Å². The van der Waals surface area contributed by atoms with Gasteiger partial charge in [-0.05, 0) is 0 Å². The predicted molar refractivity (Wildman–Crippen MR) is 88.1 cm³/mol. The van der Waals surface area contributed by atoms with Crippen LogP contribution in [-0.2, 0) is 11.3 Å². The van der Waals surface area contributed by atoms with Crippen molar-refractivity contribution in [2.24, 2.45) is 0 Å². The van der Waals surface area contributed by atoms with E-state index in [4.69, 9.17) is 18.7 Å². The molecule has 0 aliphatic carbocycles. The zero-order valence-corrected chi connectivity index (χ0v) is 13.7. The summed E-state index contributed by atoms with van der Waals surface area (Å²) in [5.74, 6) is -0.0832. The Kier molecular flexibility index (Phi) is 4.13. The number of esters is 1. The monoisotopic (exact) mass is 369 g/mol. The van der Waals surface area contributed by atoms with Crippen LogP contribution in [0, 0.1) is 10.1 Å². The Hall–Kier alpha value is -3.95. The lowest BCUT2D eigenvalue weighted by Gasteiger charge is -2.04. The summed E-state index contributed by atoms with van der Waals surface area (Å²) in [5.41, 5.74) is 0.0389. The van der Waals surface area contributed by atoms with Crippen molar-refractivity contribution >= 4 is 11.7 Å². The smallest absolute Gasteiger partial charge is 0.345 e. The van der Waals surface area contributed by atoms with Gasteiger partial charge in [-0.3, -0.25) is 10.1 Å². The average molecular weight is 369 g/mol. The highest BCUT2D eigenvalue weighted by atomic mass is 16.7. The fourth-order valence-corrected chi connectivity index (χ4v) is 2.47. The van der Waals surface area contributed by atoms with E-state index in [1.165, 1.54) is 6.07 Å². The van der Waals surface area contributed by atoms with Crippen molar-refractivity contribution in [2.45, 2.75) is 6.61 Å². The van der Waals surface area contributed by atoms with Gasteiger partial charge in [-0.2, -0.15) is 4.98 Å². The topological polar surface area (TPSA) is 127 Å². The van der Waals surface area contributed by atoms with Crippen molar-refractivity contribution in [3.63, 3.8) is 0 Å². The van der Waals surface area contributed by atoms with E-state index in [0.717, 1.165) is 11.6 Å². The molecule has 10 nitrogen and oxygen atoms in total. The third-order valence-corrected chi connectivity index (χ3v) is 3.73. The largest absolute Gasteiger partial charge is 0.454 e. The van der Waals surface area contributed by atoms with Crippen LogP contribution in [0.4, 0.5) is 5.69 Å². The Labute approximate surface area is 151 Å². The maximum Gasteiger partial charge on any atom is 0.345 e. The number of nitro benzene ring substituents is 1. The molecule has 4 rings (SSSR count). The van der Waals surface area contributed by atoms with Crippen LogP contribution >= 0.6 is 0 Å². The number of hydrogen-bond donors (Lipinski definition) is 0. The first-order valence-corrected chi connectivity index (χ1v) is 7.75. The Morgan fingerprint density at radius 2 is 1.93 bits per heavy atom. The van der Waals surface area contributed by atoms with Crippen LogP contribution in [0.5, 0.6) is 11.5 Å². The van der Waals surface area contributed by atoms with Gasteiger partial charge in [-0.25, -0.2) is 4.79 Å². The van der Waals surface area contributed by atoms with Crippen molar-refractivity contribution in [1.82, 2.24) is 10.1 Å². The van der Waals surface area contributed by atoms with Crippen LogP contribution in [0.1, 0.15) is 16.2 Å². The Bertz CT molecular complexity index is 1020. The molecular formula is C17H11N3O7. The predicted octanol–water partition coefficient (Wildman–Crippen LogP) is 2.73. The van der Waals surface area contributed by atoms with Crippen LogP contribution in [0.25, 0.3) is 11.4 Å². The molecule has 0 saturated carbocycles. The molecule has 0 unspecified atom stereocenters. The highest BCUT2D eigenvalue weighted by Crippen LogP contribution is 2.38. The highest BCUT2D eigenvalue weighted by Gasteiger charge is 2.28. The van der Waals surface area contributed by atoms with E-state index in [9.17, 15) is 14.9 Å². The van der Waals surface area contributed by atoms with Crippen LogP contribution < -0.4 is 9.47 Å². The first kappa shape index (κ1) is 16.5. The Balaban J connectivity index is 1.50. The minimum atomic E-state index is -0.917.